The Balaban J connectivity index is 1.43. The molecular formula is C31H32FN5O4. The molecular weight excluding hydrogens is 525 g/mol. The van der Waals surface area contributed by atoms with E-state index in [0.29, 0.717) is 41.7 Å². The molecule has 2 unspecified atom stereocenters. The maximum atomic E-state index is 16.8. The lowest BCUT2D eigenvalue weighted by molar-refractivity contribution is 0.0697. The van der Waals surface area contributed by atoms with Gasteiger partial charge in [-0.15, -0.1) is 0 Å². The summed E-state index contributed by atoms with van der Waals surface area (Å²) in [6, 6.07) is 12.5. The summed E-state index contributed by atoms with van der Waals surface area (Å²) in [4.78, 5) is 26.3. The van der Waals surface area contributed by atoms with E-state index in [0.717, 1.165) is 32.2 Å². The van der Waals surface area contributed by atoms with Crippen LogP contribution in [0.25, 0.3) is 32.8 Å². The van der Waals surface area contributed by atoms with E-state index in [1.54, 1.807) is 24.3 Å². The molecule has 1 aromatic heterocycles. The summed E-state index contributed by atoms with van der Waals surface area (Å²) in [6.45, 7) is 2.73. The molecule has 0 amide bonds. The number of phenols is 1. The minimum atomic E-state index is -1.27. The van der Waals surface area contributed by atoms with Gasteiger partial charge in [-0.2, -0.15) is 9.97 Å². The number of halogens is 1. The number of carboxylic acids is 1. The summed E-state index contributed by atoms with van der Waals surface area (Å²) in [5.41, 5.74) is -0.0468. The number of likely N-dealkylation sites (N-methyl/N-ethyl adjacent to an activating group) is 1. The minimum absolute atomic E-state index is 0.00285. The molecule has 9 nitrogen and oxygen atoms in total. The predicted octanol–water partition coefficient (Wildman–Crippen LogP) is 4.41. The first-order valence-corrected chi connectivity index (χ1v) is 14.2. The number of rotatable bonds is 6. The van der Waals surface area contributed by atoms with Crippen LogP contribution in [0.1, 0.15) is 36.0 Å². The number of fused-ring (bicyclic) bond motifs is 4. The number of benzene rings is 3. The number of piperazine rings is 1. The Morgan fingerprint density at radius 2 is 1.88 bits per heavy atom. The zero-order chi connectivity index (χ0) is 28.2. The molecule has 2 bridgehead atoms. The molecule has 41 heavy (non-hydrogen) atoms. The predicted molar refractivity (Wildman–Crippen MR) is 154 cm³/mol. The smallest absolute Gasteiger partial charge is 0.336 e. The van der Waals surface area contributed by atoms with Crippen LogP contribution in [-0.4, -0.2) is 82.5 Å². The molecule has 3 atom stereocenters. The zero-order valence-corrected chi connectivity index (χ0v) is 22.8. The van der Waals surface area contributed by atoms with E-state index < -0.39 is 11.8 Å². The van der Waals surface area contributed by atoms with Gasteiger partial charge in [-0.1, -0.05) is 24.3 Å². The third-order valence-corrected chi connectivity index (χ3v) is 8.83. The van der Waals surface area contributed by atoms with Crippen LogP contribution in [0.2, 0.25) is 0 Å². The minimum Gasteiger partial charge on any atom is -0.508 e. The Morgan fingerprint density at radius 1 is 1.10 bits per heavy atom. The molecule has 0 radical (unpaired) electrons. The number of anilines is 1. The molecule has 0 spiro atoms. The Bertz CT molecular complexity index is 1670. The normalized spacial score (nSPS) is 22.6. The average Bonchev–Trinajstić information content (AvgIpc) is 3.53. The van der Waals surface area contributed by atoms with Gasteiger partial charge in [0.05, 0.1) is 5.56 Å². The second-order valence-corrected chi connectivity index (χ2v) is 11.5. The highest BCUT2D eigenvalue weighted by Crippen LogP contribution is 2.41. The van der Waals surface area contributed by atoms with Crippen LogP contribution in [0, 0.1) is 5.82 Å². The van der Waals surface area contributed by atoms with E-state index in [-0.39, 0.29) is 52.1 Å². The largest absolute Gasteiger partial charge is 0.508 e. The number of aromatic nitrogens is 2. The Labute approximate surface area is 236 Å². The van der Waals surface area contributed by atoms with E-state index in [1.165, 1.54) is 12.1 Å². The van der Waals surface area contributed by atoms with Gasteiger partial charge in [-0.05, 0) is 73.8 Å². The first kappa shape index (κ1) is 25.9. The highest BCUT2D eigenvalue weighted by molar-refractivity contribution is 6.09. The van der Waals surface area contributed by atoms with Gasteiger partial charge in [0.25, 0.3) is 0 Å². The van der Waals surface area contributed by atoms with Gasteiger partial charge in [0.2, 0.25) is 0 Å². The lowest BCUT2D eigenvalue weighted by Gasteiger charge is -2.34. The van der Waals surface area contributed by atoms with E-state index >= 15 is 4.39 Å². The quantitative estimate of drug-likeness (QED) is 0.318. The van der Waals surface area contributed by atoms with Crippen molar-refractivity contribution in [2.45, 2.75) is 43.8 Å². The lowest BCUT2D eigenvalue weighted by atomic mass is 9.92. The standard InChI is InChI=1S/C31H32FN5O4/c1-36-10-4-6-20(36)16-41-31-34-28-25(29(35-31)37-14-18-8-9-19(15-37)33-18)13-24(30(39)40)26(27(28)32)23-12-21(38)11-17-5-2-3-7-22(17)23/h2-3,5,7,11-13,18-20,33,38H,4,6,8-10,14-16H2,1H3,(H,39,40)/t18?,19?,20-/m0/s1. The molecule has 3 aliphatic rings. The van der Waals surface area contributed by atoms with Crippen molar-refractivity contribution in [1.29, 1.82) is 0 Å². The van der Waals surface area contributed by atoms with E-state index in [2.05, 4.69) is 27.1 Å². The van der Waals surface area contributed by atoms with Crippen LogP contribution in [-0.2, 0) is 0 Å². The number of likely N-dealkylation sites (tertiary alicyclic amines) is 1. The van der Waals surface area contributed by atoms with Gasteiger partial charge >= 0.3 is 12.0 Å². The third-order valence-electron chi connectivity index (χ3n) is 8.83. The number of phenolic OH excluding ortho intramolecular Hbond substituents is 1. The monoisotopic (exact) mass is 557 g/mol. The van der Waals surface area contributed by atoms with Crippen molar-refractivity contribution in [3.05, 3.63) is 53.8 Å². The number of carboxylic acid groups (broad SMARTS) is 1. The van der Waals surface area contributed by atoms with Crippen LogP contribution in [0.5, 0.6) is 11.8 Å². The summed E-state index contributed by atoms with van der Waals surface area (Å²) in [5.74, 6) is -1.65. The first-order chi connectivity index (χ1) is 19.9. The number of aromatic carboxylic acids is 1. The van der Waals surface area contributed by atoms with Gasteiger partial charge in [-0.3, -0.25) is 0 Å². The van der Waals surface area contributed by atoms with Gasteiger partial charge in [0, 0.05) is 42.2 Å². The van der Waals surface area contributed by atoms with Crippen LogP contribution in [0.15, 0.2) is 42.5 Å². The fourth-order valence-electron chi connectivity index (χ4n) is 6.76. The van der Waals surface area contributed by atoms with E-state index in [9.17, 15) is 15.0 Å². The molecule has 4 heterocycles. The number of carbonyl (C=O) groups is 1. The number of nitrogens with one attached hydrogen (secondary N) is 1. The van der Waals surface area contributed by atoms with E-state index in [1.807, 2.05) is 6.07 Å². The Kier molecular flexibility index (Phi) is 6.39. The fourth-order valence-corrected chi connectivity index (χ4v) is 6.76. The maximum absolute atomic E-state index is 16.8. The van der Waals surface area contributed by atoms with Crippen molar-refractivity contribution in [2.24, 2.45) is 0 Å². The number of nitrogens with zero attached hydrogens (tertiary/aromatic N) is 4. The van der Waals surface area contributed by atoms with Crippen molar-refractivity contribution in [1.82, 2.24) is 20.2 Å². The van der Waals surface area contributed by atoms with Gasteiger partial charge in [0.15, 0.2) is 5.82 Å². The summed E-state index contributed by atoms with van der Waals surface area (Å²) < 4.78 is 22.9. The van der Waals surface area contributed by atoms with Crippen LogP contribution in [0.3, 0.4) is 0 Å². The summed E-state index contributed by atoms with van der Waals surface area (Å²) in [7, 11) is 2.06. The molecule has 4 aromatic rings. The SMILES string of the molecule is CN1CCC[C@H]1COc1nc(N2CC3CCC(C2)N3)c2cc(C(=O)O)c(-c3cc(O)cc4ccccc34)c(F)c2n1. The maximum Gasteiger partial charge on any atom is 0.336 e. The highest BCUT2D eigenvalue weighted by atomic mass is 19.1. The molecule has 3 aliphatic heterocycles. The number of aromatic hydroxyl groups is 1. The second-order valence-electron chi connectivity index (χ2n) is 11.5. The van der Waals surface area contributed by atoms with Crippen LogP contribution in [0.4, 0.5) is 10.2 Å². The molecule has 212 valence electrons. The topological polar surface area (TPSA) is 111 Å². The molecule has 3 saturated heterocycles. The highest BCUT2D eigenvalue weighted by Gasteiger charge is 2.35. The Morgan fingerprint density at radius 3 is 2.61 bits per heavy atom. The van der Waals surface area contributed by atoms with Crippen molar-refractivity contribution >= 4 is 33.5 Å². The number of ether oxygens (including phenoxy) is 1. The van der Waals surface area contributed by atoms with E-state index in [4.69, 9.17) is 9.72 Å². The average molecular weight is 558 g/mol. The second kappa shape index (κ2) is 10.1. The fraction of sp³-hybridized carbons (Fsp3) is 0.387. The molecule has 7 rings (SSSR count). The van der Waals surface area contributed by atoms with Crippen molar-refractivity contribution in [3.8, 4) is 22.9 Å². The molecule has 10 heteroatoms. The lowest BCUT2D eigenvalue weighted by Crippen LogP contribution is -2.51. The van der Waals surface area contributed by atoms with Gasteiger partial charge in [0.1, 0.15) is 23.7 Å². The van der Waals surface area contributed by atoms with Crippen LogP contribution >= 0.6 is 0 Å². The van der Waals surface area contributed by atoms with Crippen molar-refractivity contribution in [2.75, 3.05) is 38.2 Å². The van der Waals surface area contributed by atoms with Gasteiger partial charge < -0.3 is 30.1 Å². The summed E-state index contributed by atoms with van der Waals surface area (Å²) >= 11 is 0. The van der Waals surface area contributed by atoms with Gasteiger partial charge in [-0.25, -0.2) is 9.18 Å². The first-order valence-electron chi connectivity index (χ1n) is 14.2. The van der Waals surface area contributed by atoms with Crippen LogP contribution < -0.4 is 15.0 Å². The molecule has 3 aromatic carbocycles. The third kappa shape index (κ3) is 4.61. The van der Waals surface area contributed by atoms with Crippen molar-refractivity contribution < 1.29 is 24.1 Å². The summed E-state index contributed by atoms with van der Waals surface area (Å²) in [6.07, 6.45) is 4.19. The molecule has 0 saturated carbocycles. The summed E-state index contributed by atoms with van der Waals surface area (Å²) in [5, 5.41) is 26.0. The Hall–Kier alpha value is -4.02. The molecule has 3 N–H and O–H groups in total. The molecule has 0 aliphatic carbocycles. The van der Waals surface area contributed by atoms with Crippen molar-refractivity contribution in [3.63, 3.8) is 0 Å². The molecule has 3 fully saturated rings. The number of hydrogen-bond acceptors (Lipinski definition) is 8. The zero-order valence-electron chi connectivity index (χ0n) is 22.8. The number of hydrogen-bond donors (Lipinski definition) is 3.